The van der Waals surface area contributed by atoms with E-state index in [2.05, 4.69) is 16.1 Å². The number of amides is 1. The number of para-hydroxylation sites is 1. The van der Waals surface area contributed by atoms with Crippen molar-refractivity contribution < 1.29 is 9.53 Å². The summed E-state index contributed by atoms with van der Waals surface area (Å²) in [7, 11) is 0. The van der Waals surface area contributed by atoms with Crippen LogP contribution in [0.3, 0.4) is 0 Å². The van der Waals surface area contributed by atoms with E-state index in [-0.39, 0.29) is 16.5 Å². The minimum Gasteiger partial charge on any atom is -0.379 e. The molecule has 0 aliphatic carbocycles. The average Bonchev–Trinajstić information content (AvgIpc) is 2.91. The van der Waals surface area contributed by atoms with Gasteiger partial charge in [-0.25, -0.2) is 0 Å². The molecular formula is C26H28ClN5O3. The standard InChI is InChI=1S/C26H28ClN5O3/c27-24-23(18-28-32(26(24)34)22-7-2-1-3-8-22)30-9-11-31(12-10-30)25(33)21-6-4-5-20(17-21)19-29-13-15-35-16-14-29/h1-8,17-18H,9-16,19H2. The van der Waals surface area contributed by atoms with Crippen LogP contribution in [0.15, 0.2) is 65.6 Å². The molecule has 0 unspecified atom stereocenters. The van der Waals surface area contributed by atoms with Gasteiger partial charge in [-0.1, -0.05) is 41.9 Å². The van der Waals surface area contributed by atoms with Crippen molar-refractivity contribution in [3.05, 3.63) is 87.3 Å². The van der Waals surface area contributed by atoms with Crippen molar-refractivity contribution >= 4 is 23.2 Å². The smallest absolute Gasteiger partial charge is 0.292 e. The lowest BCUT2D eigenvalue weighted by Gasteiger charge is -2.36. The normalized spacial score (nSPS) is 16.9. The van der Waals surface area contributed by atoms with Crippen LogP contribution in [-0.4, -0.2) is 78.0 Å². The third kappa shape index (κ3) is 5.24. The van der Waals surface area contributed by atoms with Crippen LogP contribution in [0.4, 0.5) is 5.69 Å². The molecule has 0 radical (unpaired) electrons. The van der Waals surface area contributed by atoms with E-state index in [0.717, 1.165) is 38.4 Å². The molecule has 1 amide bonds. The number of nitrogens with zero attached hydrogens (tertiary/aromatic N) is 5. The lowest BCUT2D eigenvalue weighted by molar-refractivity contribution is 0.0341. The van der Waals surface area contributed by atoms with Gasteiger partial charge in [-0.05, 0) is 29.8 Å². The zero-order valence-electron chi connectivity index (χ0n) is 19.5. The maximum Gasteiger partial charge on any atom is 0.292 e. The lowest BCUT2D eigenvalue weighted by Crippen LogP contribution is -2.49. The number of hydrogen-bond donors (Lipinski definition) is 0. The Morgan fingerprint density at radius 1 is 0.943 bits per heavy atom. The van der Waals surface area contributed by atoms with Gasteiger partial charge in [-0.3, -0.25) is 14.5 Å². The van der Waals surface area contributed by atoms with Gasteiger partial charge in [-0.15, -0.1) is 0 Å². The van der Waals surface area contributed by atoms with Gasteiger partial charge in [-0.2, -0.15) is 9.78 Å². The highest BCUT2D eigenvalue weighted by atomic mass is 35.5. The van der Waals surface area contributed by atoms with Gasteiger partial charge in [0.2, 0.25) is 0 Å². The first-order chi connectivity index (χ1) is 17.1. The van der Waals surface area contributed by atoms with Gasteiger partial charge in [0.25, 0.3) is 11.5 Å². The summed E-state index contributed by atoms with van der Waals surface area (Å²) in [4.78, 5) is 32.2. The Hall–Kier alpha value is -3.20. The minimum atomic E-state index is -0.356. The summed E-state index contributed by atoms with van der Waals surface area (Å²) in [6.45, 7) is 6.40. The van der Waals surface area contributed by atoms with Crippen LogP contribution in [0.25, 0.3) is 5.69 Å². The number of carbonyl (C=O) groups is 1. The number of ether oxygens (including phenoxy) is 1. The van der Waals surface area contributed by atoms with Crippen molar-refractivity contribution in [2.24, 2.45) is 0 Å². The molecule has 182 valence electrons. The first-order valence-corrected chi connectivity index (χ1v) is 12.2. The molecule has 1 aromatic heterocycles. The third-order valence-corrected chi connectivity index (χ3v) is 6.85. The lowest BCUT2D eigenvalue weighted by atomic mass is 10.1. The van der Waals surface area contributed by atoms with Gasteiger partial charge in [0.1, 0.15) is 5.02 Å². The maximum absolute atomic E-state index is 13.2. The highest BCUT2D eigenvalue weighted by Gasteiger charge is 2.25. The Labute approximate surface area is 209 Å². The van der Waals surface area contributed by atoms with E-state index in [4.69, 9.17) is 16.3 Å². The molecule has 2 aliphatic rings. The number of benzene rings is 2. The first-order valence-electron chi connectivity index (χ1n) is 11.9. The van der Waals surface area contributed by atoms with E-state index in [1.807, 2.05) is 58.3 Å². The number of aromatic nitrogens is 2. The van der Waals surface area contributed by atoms with Crippen molar-refractivity contribution in [3.8, 4) is 5.69 Å². The molecule has 0 spiro atoms. The largest absolute Gasteiger partial charge is 0.379 e. The van der Waals surface area contributed by atoms with Crippen LogP contribution >= 0.6 is 11.6 Å². The number of carbonyl (C=O) groups excluding carboxylic acids is 1. The highest BCUT2D eigenvalue weighted by molar-refractivity contribution is 6.33. The van der Waals surface area contributed by atoms with Gasteiger partial charge >= 0.3 is 0 Å². The Morgan fingerprint density at radius 2 is 1.69 bits per heavy atom. The summed E-state index contributed by atoms with van der Waals surface area (Å²) in [5.74, 6) is 0.0252. The second-order valence-electron chi connectivity index (χ2n) is 8.76. The molecule has 8 nitrogen and oxygen atoms in total. The Morgan fingerprint density at radius 3 is 2.43 bits per heavy atom. The molecule has 2 aromatic carbocycles. The van der Waals surface area contributed by atoms with E-state index in [9.17, 15) is 9.59 Å². The average molecular weight is 494 g/mol. The van der Waals surface area contributed by atoms with E-state index in [0.29, 0.717) is 43.1 Å². The quantitative estimate of drug-likeness (QED) is 0.544. The zero-order valence-corrected chi connectivity index (χ0v) is 20.2. The van der Waals surface area contributed by atoms with Gasteiger partial charge in [0.05, 0.1) is 30.8 Å². The summed E-state index contributed by atoms with van der Waals surface area (Å²) in [5, 5.41) is 4.47. The Kier molecular flexibility index (Phi) is 7.13. The molecule has 2 fully saturated rings. The summed E-state index contributed by atoms with van der Waals surface area (Å²) in [5.41, 5.74) is 2.74. The van der Waals surface area contributed by atoms with Crippen molar-refractivity contribution in [2.45, 2.75) is 6.54 Å². The molecule has 3 heterocycles. The number of halogens is 1. The molecule has 3 aromatic rings. The van der Waals surface area contributed by atoms with E-state index < -0.39 is 0 Å². The van der Waals surface area contributed by atoms with Crippen molar-refractivity contribution in [1.82, 2.24) is 19.6 Å². The Bertz CT molecular complexity index is 1240. The molecule has 0 saturated carbocycles. The molecule has 2 saturated heterocycles. The molecule has 2 aliphatic heterocycles. The minimum absolute atomic E-state index is 0.0252. The monoisotopic (exact) mass is 493 g/mol. The highest BCUT2D eigenvalue weighted by Crippen LogP contribution is 2.23. The molecule has 0 atom stereocenters. The number of morpholine rings is 1. The summed E-state index contributed by atoms with van der Waals surface area (Å²) in [6, 6.07) is 17.1. The van der Waals surface area contributed by atoms with Crippen LogP contribution in [0.1, 0.15) is 15.9 Å². The molecule has 5 rings (SSSR count). The summed E-state index contributed by atoms with van der Waals surface area (Å²) in [6.07, 6.45) is 1.63. The fourth-order valence-corrected chi connectivity index (χ4v) is 4.80. The van der Waals surface area contributed by atoms with Crippen LogP contribution in [0.5, 0.6) is 0 Å². The van der Waals surface area contributed by atoms with Crippen LogP contribution in [0, 0.1) is 0 Å². The topological polar surface area (TPSA) is 70.9 Å². The number of rotatable bonds is 5. The molecule has 0 N–H and O–H groups in total. The van der Waals surface area contributed by atoms with Crippen LogP contribution in [0.2, 0.25) is 5.02 Å². The van der Waals surface area contributed by atoms with E-state index >= 15 is 0 Å². The van der Waals surface area contributed by atoms with E-state index in [1.165, 1.54) is 4.68 Å². The predicted octanol–water partition coefficient (Wildman–Crippen LogP) is 2.68. The predicted molar refractivity (Wildman–Crippen MR) is 135 cm³/mol. The second-order valence-corrected chi connectivity index (χ2v) is 9.14. The number of hydrogen-bond acceptors (Lipinski definition) is 6. The number of piperazine rings is 1. The zero-order chi connectivity index (χ0) is 24.2. The maximum atomic E-state index is 13.2. The number of anilines is 1. The molecular weight excluding hydrogens is 466 g/mol. The first kappa shape index (κ1) is 23.5. The summed E-state index contributed by atoms with van der Waals surface area (Å²) >= 11 is 6.47. The third-order valence-electron chi connectivity index (χ3n) is 6.49. The van der Waals surface area contributed by atoms with Crippen molar-refractivity contribution in [3.63, 3.8) is 0 Å². The fourth-order valence-electron chi connectivity index (χ4n) is 4.55. The fraction of sp³-hybridized carbons (Fsp3) is 0.346. The molecule has 35 heavy (non-hydrogen) atoms. The van der Waals surface area contributed by atoms with Crippen LogP contribution in [-0.2, 0) is 11.3 Å². The summed E-state index contributed by atoms with van der Waals surface area (Å²) < 4.78 is 6.72. The van der Waals surface area contributed by atoms with Gasteiger partial charge in [0, 0.05) is 51.4 Å². The molecule has 9 heteroatoms. The van der Waals surface area contributed by atoms with Crippen molar-refractivity contribution in [1.29, 1.82) is 0 Å². The van der Waals surface area contributed by atoms with Crippen LogP contribution < -0.4 is 10.5 Å². The molecule has 0 bridgehead atoms. The van der Waals surface area contributed by atoms with Gasteiger partial charge in [0.15, 0.2) is 0 Å². The SMILES string of the molecule is O=C(c1cccc(CN2CCOCC2)c1)N1CCN(c2cnn(-c3ccccc3)c(=O)c2Cl)CC1. The van der Waals surface area contributed by atoms with Gasteiger partial charge < -0.3 is 14.5 Å². The second kappa shape index (κ2) is 10.6. The van der Waals surface area contributed by atoms with Crippen molar-refractivity contribution in [2.75, 3.05) is 57.4 Å². The van der Waals surface area contributed by atoms with E-state index in [1.54, 1.807) is 6.20 Å². The Balaban J connectivity index is 1.24.